The first-order chi connectivity index (χ1) is 13.1. The second kappa shape index (κ2) is 6.88. The molecule has 4 aromatic rings. The SMILES string of the molecule is Cc1ccccc1-c1n(-c2c(C)cc(-c3ccccc3)cc2C)cc[n+]1C. The average molecular weight is 353 g/mol. The number of hydrogen-bond donors (Lipinski definition) is 0. The summed E-state index contributed by atoms with van der Waals surface area (Å²) in [6.45, 7) is 6.58. The molecule has 2 heteroatoms. The largest absolute Gasteiger partial charge is 0.294 e. The summed E-state index contributed by atoms with van der Waals surface area (Å²) in [5.74, 6) is 1.20. The minimum Gasteiger partial charge on any atom is -0.232 e. The van der Waals surface area contributed by atoms with Crippen LogP contribution in [-0.2, 0) is 7.05 Å². The number of aryl methyl sites for hydroxylation is 4. The van der Waals surface area contributed by atoms with Gasteiger partial charge in [-0.15, -0.1) is 0 Å². The van der Waals surface area contributed by atoms with Gasteiger partial charge in [0, 0.05) is 0 Å². The highest BCUT2D eigenvalue weighted by Crippen LogP contribution is 2.30. The van der Waals surface area contributed by atoms with E-state index in [4.69, 9.17) is 0 Å². The lowest BCUT2D eigenvalue weighted by atomic mass is 9.98. The van der Waals surface area contributed by atoms with Crippen LogP contribution >= 0.6 is 0 Å². The predicted octanol–water partition coefficient (Wildman–Crippen LogP) is 5.56. The number of aromatic nitrogens is 2. The molecule has 0 saturated carbocycles. The summed E-state index contributed by atoms with van der Waals surface area (Å²) >= 11 is 0. The quantitative estimate of drug-likeness (QED) is 0.426. The van der Waals surface area contributed by atoms with Crippen molar-refractivity contribution in [3.05, 3.63) is 95.8 Å². The van der Waals surface area contributed by atoms with Crippen LogP contribution in [0.4, 0.5) is 0 Å². The van der Waals surface area contributed by atoms with E-state index in [0.29, 0.717) is 0 Å². The van der Waals surface area contributed by atoms with Crippen LogP contribution in [0.2, 0.25) is 0 Å². The maximum absolute atomic E-state index is 2.32. The van der Waals surface area contributed by atoms with Crippen LogP contribution < -0.4 is 4.57 Å². The van der Waals surface area contributed by atoms with Gasteiger partial charge < -0.3 is 0 Å². The minimum atomic E-state index is 1.20. The molecule has 0 aliphatic carbocycles. The summed E-state index contributed by atoms with van der Waals surface area (Å²) in [7, 11) is 2.11. The zero-order chi connectivity index (χ0) is 19.0. The number of imidazole rings is 1. The molecular formula is C25H25N2+. The van der Waals surface area contributed by atoms with Crippen molar-refractivity contribution >= 4 is 0 Å². The van der Waals surface area contributed by atoms with Gasteiger partial charge in [-0.3, -0.25) is 0 Å². The molecule has 1 heterocycles. The lowest BCUT2D eigenvalue weighted by molar-refractivity contribution is -0.659. The Hall–Kier alpha value is -3.13. The first kappa shape index (κ1) is 17.3. The topological polar surface area (TPSA) is 8.81 Å². The fourth-order valence-electron chi connectivity index (χ4n) is 3.93. The van der Waals surface area contributed by atoms with Gasteiger partial charge in [-0.2, -0.15) is 4.57 Å². The smallest absolute Gasteiger partial charge is 0.232 e. The Bertz CT molecular complexity index is 1080. The summed E-state index contributed by atoms with van der Waals surface area (Å²) < 4.78 is 4.52. The van der Waals surface area contributed by atoms with E-state index in [-0.39, 0.29) is 0 Å². The molecule has 0 unspecified atom stereocenters. The van der Waals surface area contributed by atoms with Gasteiger partial charge in [0.05, 0.1) is 12.6 Å². The Labute approximate surface area is 161 Å². The van der Waals surface area contributed by atoms with Gasteiger partial charge in [0.1, 0.15) is 18.1 Å². The molecule has 0 saturated heterocycles. The van der Waals surface area contributed by atoms with Gasteiger partial charge in [0.2, 0.25) is 0 Å². The van der Waals surface area contributed by atoms with Crippen molar-refractivity contribution in [1.82, 2.24) is 4.57 Å². The third-order valence-electron chi connectivity index (χ3n) is 5.23. The monoisotopic (exact) mass is 353 g/mol. The fraction of sp³-hybridized carbons (Fsp3) is 0.160. The first-order valence-corrected chi connectivity index (χ1v) is 9.36. The number of rotatable bonds is 3. The predicted molar refractivity (Wildman–Crippen MR) is 112 cm³/mol. The normalized spacial score (nSPS) is 11.0. The fourth-order valence-corrected chi connectivity index (χ4v) is 3.93. The van der Waals surface area contributed by atoms with Crippen LogP contribution in [0.5, 0.6) is 0 Å². The van der Waals surface area contributed by atoms with Crippen molar-refractivity contribution in [1.29, 1.82) is 0 Å². The molecule has 27 heavy (non-hydrogen) atoms. The van der Waals surface area contributed by atoms with Crippen molar-refractivity contribution < 1.29 is 4.57 Å². The maximum atomic E-state index is 2.32. The van der Waals surface area contributed by atoms with Gasteiger partial charge in [-0.05, 0) is 66.8 Å². The highest BCUT2D eigenvalue weighted by Gasteiger charge is 2.23. The van der Waals surface area contributed by atoms with E-state index < -0.39 is 0 Å². The maximum Gasteiger partial charge on any atom is 0.294 e. The van der Waals surface area contributed by atoms with E-state index in [2.05, 4.69) is 116 Å². The van der Waals surface area contributed by atoms with Gasteiger partial charge in [0.15, 0.2) is 0 Å². The molecule has 0 bridgehead atoms. The van der Waals surface area contributed by atoms with E-state index in [1.165, 1.54) is 44.9 Å². The summed E-state index contributed by atoms with van der Waals surface area (Å²) in [5, 5.41) is 0. The highest BCUT2D eigenvalue weighted by molar-refractivity contribution is 5.70. The third kappa shape index (κ3) is 3.08. The standard InChI is InChI=1S/C25H25N2/c1-18-10-8-9-13-23(18)25-26(4)14-15-27(25)24-19(2)16-22(17-20(24)3)21-11-6-5-7-12-21/h5-17H,1-4H3/q+1. The summed E-state index contributed by atoms with van der Waals surface area (Å²) in [4.78, 5) is 0. The van der Waals surface area contributed by atoms with Crippen molar-refractivity contribution in [3.8, 4) is 28.2 Å². The molecular weight excluding hydrogens is 328 g/mol. The molecule has 0 aliphatic heterocycles. The van der Waals surface area contributed by atoms with Crippen LogP contribution in [-0.4, -0.2) is 4.57 Å². The van der Waals surface area contributed by atoms with Crippen LogP contribution in [0.15, 0.2) is 79.1 Å². The molecule has 0 fully saturated rings. The molecule has 0 atom stereocenters. The molecule has 3 aromatic carbocycles. The Morgan fingerprint density at radius 1 is 0.704 bits per heavy atom. The molecule has 2 nitrogen and oxygen atoms in total. The number of hydrogen-bond acceptors (Lipinski definition) is 0. The van der Waals surface area contributed by atoms with Crippen LogP contribution in [0, 0.1) is 20.8 Å². The van der Waals surface area contributed by atoms with E-state index in [0.717, 1.165) is 0 Å². The molecule has 4 rings (SSSR count). The number of benzene rings is 3. The van der Waals surface area contributed by atoms with Gasteiger partial charge in [-0.25, -0.2) is 4.57 Å². The Morgan fingerprint density at radius 3 is 2.00 bits per heavy atom. The van der Waals surface area contributed by atoms with Crippen LogP contribution in [0.25, 0.3) is 28.2 Å². The van der Waals surface area contributed by atoms with Gasteiger partial charge in [-0.1, -0.05) is 48.5 Å². The van der Waals surface area contributed by atoms with E-state index in [9.17, 15) is 0 Å². The lowest BCUT2D eigenvalue weighted by Gasteiger charge is -2.12. The first-order valence-electron chi connectivity index (χ1n) is 9.36. The second-order valence-corrected chi connectivity index (χ2v) is 7.24. The molecule has 134 valence electrons. The summed E-state index contributed by atoms with van der Waals surface area (Å²) in [6, 6.07) is 23.7. The molecule has 0 spiro atoms. The van der Waals surface area contributed by atoms with Crippen molar-refractivity contribution in [2.75, 3.05) is 0 Å². The molecule has 0 radical (unpaired) electrons. The Balaban J connectivity index is 1.90. The van der Waals surface area contributed by atoms with E-state index in [1.54, 1.807) is 0 Å². The highest BCUT2D eigenvalue weighted by atomic mass is 15.1. The van der Waals surface area contributed by atoms with Crippen LogP contribution in [0.1, 0.15) is 16.7 Å². The molecule has 0 N–H and O–H groups in total. The second-order valence-electron chi connectivity index (χ2n) is 7.24. The molecule has 1 aromatic heterocycles. The average Bonchev–Trinajstić information content (AvgIpc) is 3.03. The van der Waals surface area contributed by atoms with Crippen molar-refractivity contribution in [2.45, 2.75) is 20.8 Å². The summed E-state index contributed by atoms with van der Waals surface area (Å²) in [5.41, 5.74) is 8.88. The Morgan fingerprint density at radius 2 is 1.33 bits per heavy atom. The van der Waals surface area contributed by atoms with Crippen molar-refractivity contribution in [2.24, 2.45) is 7.05 Å². The van der Waals surface area contributed by atoms with Gasteiger partial charge >= 0.3 is 0 Å². The molecule has 0 amide bonds. The minimum absolute atomic E-state index is 1.20. The molecule has 0 aliphatic rings. The zero-order valence-corrected chi connectivity index (χ0v) is 16.4. The van der Waals surface area contributed by atoms with Crippen molar-refractivity contribution in [3.63, 3.8) is 0 Å². The van der Waals surface area contributed by atoms with Crippen LogP contribution in [0.3, 0.4) is 0 Å². The summed E-state index contributed by atoms with van der Waals surface area (Å²) in [6.07, 6.45) is 4.30. The lowest BCUT2D eigenvalue weighted by Crippen LogP contribution is -2.29. The van der Waals surface area contributed by atoms with Gasteiger partial charge in [0.25, 0.3) is 5.82 Å². The number of nitrogens with zero attached hydrogens (tertiary/aromatic N) is 2. The Kier molecular flexibility index (Phi) is 4.41. The third-order valence-corrected chi connectivity index (χ3v) is 5.23. The van der Waals surface area contributed by atoms with E-state index >= 15 is 0 Å². The zero-order valence-electron chi connectivity index (χ0n) is 16.4. The van der Waals surface area contributed by atoms with E-state index in [1.807, 2.05) is 0 Å².